The average Bonchev–Trinajstić information content (AvgIpc) is 2.44. The molecule has 5 heteroatoms. The molecule has 0 aromatic rings. The van der Waals surface area contributed by atoms with Gasteiger partial charge in [0.2, 0.25) is 0 Å². The molecule has 0 amide bonds. The van der Waals surface area contributed by atoms with Crippen molar-refractivity contribution in [1.29, 1.82) is 0 Å². The van der Waals surface area contributed by atoms with E-state index in [2.05, 4.69) is 25.7 Å². The summed E-state index contributed by atoms with van der Waals surface area (Å²) in [4.78, 5) is 9.20. The topological polar surface area (TPSA) is 79.2 Å². The Labute approximate surface area is 116 Å². The standard InChI is InChI=1S/C14H30O5/c1-6-14(5,7-2)13(19-17)11(4)10(3)12(18-16)8-9-15/h10-13,15-17H,6-9H2,1-5H3. The lowest BCUT2D eigenvalue weighted by Gasteiger charge is -2.40. The van der Waals surface area contributed by atoms with E-state index in [1.54, 1.807) is 0 Å². The lowest BCUT2D eigenvalue weighted by Crippen LogP contribution is -2.43. The molecule has 0 bridgehead atoms. The van der Waals surface area contributed by atoms with Crippen LogP contribution >= 0.6 is 0 Å². The Kier molecular flexibility index (Phi) is 8.78. The van der Waals surface area contributed by atoms with Crippen molar-refractivity contribution in [1.82, 2.24) is 0 Å². The fourth-order valence-electron chi connectivity index (χ4n) is 2.66. The molecule has 4 unspecified atom stereocenters. The van der Waals surface area contributed by atoms with E-state index >= 15 is 0 Å². The molecule has 0 aliphatic carbocycles. The summed E-state index contributed by atoms with van der Waals surface area (Å²) in [6.07, 6.45) is 1.33. The number of aliphatic hydroxyl groups is 1. The van der Waals surface area contributed by atoms with E-state index in [1.165, 1.54) is 0 Å². The van der Waals surface area contributed by atoms with Crippen LogP contribution in [0.4, 0.5) is 0 Å². The van der Waals surface area contributed by atoms with Crippen LogP contribution in [0.1, 0.15) is 53.9 Å². The molecule has 5 nitrogen and oxygen atoms in total. The Balaban J connectivity index is 4.96. The van der Waals surface area contributed by atoms with Crippen molar-refractivity contribution in [2.24, 2.45) is 17.3 Å². The molecule has 3 N–H and O–H groups in total. The van der Waals surface area contributed by atoms with E-state index in [1.807, 2.05) is 13.8 Å². The summed E-state index contributed by atoms with van der Waals surface area (Å²) in [5, 5.41) is 27.2. The van der Waals surface area contributed by atoms with Crippen LogP contribution in [0.3, 0.4) is 0 Å². The first-order valence-electron chi connectivity index (χ1n) is 7.13. The SMILES string of the molecule is CCC(C)(CC)C(OO)C(C)C(C)C(CCO)OO. The fraction of sp³-hybridized carbons (Fsp3) is 1.00. The van der Waals surface area contributed by atoms with Crippen LogP contribution in [-0.2, 0) is 9.78 Å². The van der Waals surface area contributed by atoms with E-state index in [4.69, 9.17) is 15.3 Å². The molecule has 0 radical (unpaired) electrons. The van der Waals surface area contributed by atoms with Gasteiger partial charge in [0.1, 0.15) is 6.10 Å². The molecule has 4 atom stereocenters. The molecule has 0 aliphatic rings. The van der Waals surface area contributed by atoms with Crippen molar-refractivity contribution < 1.29 is 25.4 Å². The minimum atomic E-state index is -0.462. The highest BCUT2D eigenvalue weighted by molar-refractivity contribution is 4.87. The first-order valence-corrected chi connectivity index (χ1v) is 7.13. The summed E-state index contributed by atoms with van der Waals surface area (Å²) in [5.74, 6) is -0.0645. The average molecular weight is 278 g/mol. The Bertz CT molecular complexity index is 230. The van der Waals surface area contributed by atoms with Crippen LogP contribution in [0.2, 0.25) is 0 Å². The van der Waals surface area contributed by atoms with Gasteiger partial charge in [0.05, 0.1) is 6.10 Å². The molecular weight excluding hydrogens is 248 g/mol. The van der Waals surface area contributed by atoms with Crippen LogP contribution < -0.4 is 0 Å². The van der Waals surface area contributed by atoms with Crippen molar-refractivity contribution in [3.8, 4) is 0 Å². The monoisotopic (exact) mass is 278 g/mol. The third kappa shape index (κ3) is 4.68. The van der Waals surface area contributed by atoms with Gasteiger partial charge < -0.3 is 5.11 Å². The van der Waals surface area contributed by atoms with Gasteiger partial charge in [0.15, 0.2) is 0 Å². The van der Waals surface area contributed by atoms with E-state index in [-0.39, 0.29) is 30.0 Å². The summed E-state index contributed by atoms with van der Waals surface area (Å²) in [6, 6.07) is 0. The van der Waals surface area contributed by atoms with E-state index in [0.717, 1.165) is 12.8 Å². The second-order valence-electron chi connectivity index (χ2n) is 5.76. The smallest absolute Gasteiger partial charge is 0.101 e. The zero-order valence-electron chi connectivity index (χ0n) is 12.8. The molecule has 0 heterocycles. The third-order valence-corrected chi connectivity index (χ3v) is 4.86. The highest BCUT2D eigenvalue weighted by Crippen LogP contribution is 2.39. The largest absolute Gasteiger partial charge is 0.396 e. The Morgan fingerprint density at radius 1 is 1.00 bits per heavy atom. The minimum Gasteiger partial charge on any atom is -0.396 e. The summed E-state index contributed by atoms with van der Waals surface area (Å²) in [6.45, 7) is 10.1. The zero-order valence-corrected chi connectivity index (χ0v) is 12.8. The Hall–Kier alpha value is -0.200. The number of hydrogen-bond acceptors (Lipinski definition) is 5. The maximum atomic E-state index is 9.27. The van der Waals surface area contributed by atoms with Gasteiger partial charge in [0, 0.05) is 13.0 Å². The first kappa shape index (κ1) is 18.8. The third-order valence-electron chi connectivity index (χ3n) is 4.86. The maximum absolute atomic E-state index is 9.27. The summed E-state index contributed by atoms with van der Waals surface area (Å²) in [7, 11) is 0. The second-order valence-corrected chi connectivity index (χ2v) is 5.76. The van der Waals surface area contributed by atoms with Gasteiger partial charge in [-0.05, 0) is 30.1 Å². The van der Waals surface area contributed by atoms with Crippen molar-refractivity contribution >= 4 is 0 Å². The number of aliphatic hydroxyl groups excluding tert-OH is 1. The molecule has 0 fully saturated rings. The predicted molar refractivity (Wildman–Crippen MR) is 73.7 cm³/mol. The van der Waals surface area contributed by atoms with Gasteiger partial charge >= 0.3 is 0 Å². The van der Waals surface area contributed by atoms with Gasteiger partial charge in [-0.2, -0.15) is 0 Å². The summed E-state index contributed by atoms with van der Waals surface area (Å²) < 4.78 is 0. The molecule has 0 aliphatic heterocycles. The first-order chi connectivity index (χ1) is 8.91. The predicted octanol–water partition coefficient (Wildman–Crippen LogP) is 3.18. The van der Waals surface area contributed by atoms with Crippen LogP contribution in [-0.4, -0.2) is 34.4 Å². The fourth-order valence-corrected chi connectivity index (χ4v) is 2.66. The van der Waals surface area contributed by atoms with Crippen molar-refractivity contribution in [2.75, 3.05) is 6.61 Å². The highest BCUT2D eigenvalue weighted by atomic mass is 17.1. The molecule has 0 spiro atoms. The van der Waals surface area contributed by atoms with Gasteiger partial charge in [-0.15, -0.1) is 0 Å². The highest BCUT2D eigenvalue weighted by Gasteiger charge is 2.40. The van der Waals surface area contributed by atoms with Gasteiger partial charge in [-0.1, -0.05) is 34.6 Å². The Morgan fingerprint density at radius 3 is 1.84 bits per heavy atom. The van der Waals surface area contributed by atoms with Gasteiger partial charge in [-0.25, -0.2) is 9.78 Å². The lowest BCUT2D eigenvalue weighted by atomic mass is 9.70. The molecule has 19 heavy (non-hydrogen) atoms. The molecular formula is C14H30O5. The van der Waals surface area contributed by atoms with Crippen molar-refractivity contribution in [3.63, 3.8) is 0 Å². The van der Waals surface area contributed by atoms with Crippen LogP contribution in [0.5, 0.6) is 0 Å². The van der Waals surface area contributed by atoms with Crippen LogP contribution in [0.15, 0.2) is 0 Å². The normalized spacial score (nSPS) is 18.9. The molecule has 0 aromatic carbocycles. The van der Waals surface area contributed by atoms with Crippen LogP contribution in [0, 0.1) is 17.3 Å². The van der Waals surface area contributed by atoms with Crippen molar-refractivity contribution in [2.45, 2.75) is 66.1 Å². The van der Waals surface area contributed by atoms with E-state index in [0.29, 0.717) is 6.42 Å². The van der Waals surface area contributed by atoms with Gasteiger partial charge in [-0.3, -0.25) is 10.5 Å². The maximum Gasteiger partial charge on any atom is 0.101 e. The van der Waals surface area contributed by atoms with Gasteiger partial charge in [0.25, 0.3) is 0 Å². The molecule has 0 rings (SSSR count). The number of hydrogen-bond donors (Lipinski definition) is 3. The van der Waals surface area contributed by atoms with E-state index in [9.17, 15) is 5.26 Å². The molecule has 0 aromatic heterocycles. The zero-order chi connectivity index (χ0) is 15.1. The summed E-state index contributed by atoms with van der Waals surface area (Å²) >= 11 is 0. The molecule has 116 valence electrons. The molecule has 0 saturated heterocycles. The number of rotatable bonds is 10. The second kappa shape index (κ2) is 8.87. The minimum absolute atomic E-state index is 0.0152. The molecule has 0 saturated carbocycles. The Morgan fingerprint density at radius 2 is 1.53 bits per heavy atom. The lowest BCUT2D eigenvalue weighted by molar-refractivity contribution is -0.331. The summed E-state index contributed by atoms with van der Waals surface area (Å²) in [5.41, 5.74) is -0.137. The van der Waals surface area contributed by atoms with Crippen LogP contribution in [0.25, 0.3) is 0 Å². The van der Waals surface area contributed by atoms with Crippen molar-refractivity contribution in [3.05, 3.63) is 0 Å². The van der Waals surface area contributed by atoms with E-state index < -0.39 is 6.10 Å². The quantitative estimate of drug-likeness (QED) is 0.422.